The highest BCUT2D eigenvalue weighted by atomic mass is 32.2. The first-order valence-electron chi connectivity index (χ1n) is 8.20. The average Bonchev–Trinajstić information content (AvgIpc) is 3.29. The van der Waals surface area contributed by atoms with Crippen molar-refractivity contribution in [2.45, 2.75) is 30.8 Å². The zero-order chi connectivity index (χ0) is 18.1. The van der Waals surface area contributed by atoms with Crippen LogP contribution in [0.15, 0.2) is 52.2 Å². The molecule has 1 amide bonds. The third-order valence-electron chi connectivity index (χ3n) is 3.92. The number of amides is 1. The molecule has 0 radical (unpaired) electrons. The summed E-state index contributed by atoms with van der Waals surface area (Å²) in [5.41, 5.74) is 1.58. The van der Waals surface area contributed by atoms with Crippen molar-refractivity contribution in [2.75, 3.05) is 0 Å². The molecular formula is C18H17N5O2S. The largest absolute Gasteiger partial charge is 0.467 e. The number of para-hydroxylation sites is 1. The maximum atomic E-state index is 12.4. The van der Waals surface area contributed by atoms with E-state index in [9.17, 15) is 4.79 Å². The maximum Gasteiger partial charge on any atom is 0.233 e. The number of fused-ring (bicyclic) bond motifs is 3. The van der Waals surface area contributed by atoms with Crippen LogP contribution in [-0.4, -0.2) is 30.7 Å². The van der Waals surface area contributed by atoms with Crippen molar-refractivity contribution in [3.63, 3.8) is 0 Å². The highest BCUT2D eigenvalue weighted by Gasteiger charge is 2.19. The first kappa shape index (κ1) is 16.6. The van der Waals surface area contributed by atoms with E-state index in [2.05, 4.69) is 20.4 Å². The van der Waals surface area contributed by atoms with Gasteiger partial charge in [0.05, 0.1) is 23.6 Å². The van der Waals surface area contributed by atoms with Crippen molar-refractivity contribution in [1.29, 1.82) is 0 Å². The van der Waals surface area contributed by atoms with Crippen molar-refractivity contribution < 1.29 is 9.21 Å². The van der Waals surface area contributed by atoms with E-state index >= 15 is 0 Å². The number of hydrogen-bond donors (Lipinski definition) is 1. The van der Waals surface area contributed by atoms with Gasteiger partial charge in [-0.15, -0.1) is 5.10 Å². The molecule has 26 heavy (non-hydrogen) atoms. The van der Waals surface area contributed by atoms with Crippen molar-refractivity contribution in [2.24, 2.45) is 0 Å². The normalized spacial score (nSPS) is 12.5. The predicted molar refractivity (Wildman–Crippen MR) is 98.9 cm³/mol. The molecule has 0 bridgehead atoms. The van der Waals surface area contributed by atoms with Crippen LogP contribution in [-0.2, 0) is 11.3 Å². The second kappa shape index (κ2) is 6.80. The van der Waals surface area contributed by atoms with Gasteiger partial charge < -0.3 is 9.73 Å². The minimum Gasteiger partial charge on any atom is -0.467 e. The van der Waals surface area contributed by atoms with E-state index in [1.807, 2.05) is 44.2 Å². The Morgan fingerprint density at radius 2 is 2.12 bits per heavy atom. The molecule has 0 aliphatic heterocycles. The first-order valence-corrected chi connectivity index (χ1v) is 9.08. The number of aromatic nitrogens is 4. The molecule has 0 aliphatic rings. The molecule has 8 heteroatoms. The summed E-state index contributed by atoms with van der Waals surface area (Å²) in [5.74, 6) is 1.29. The molecule has 4 aromatic rings. The number of carbonyl (C=O) groups excluding carboxylic acids is 1. The highest BCUT2D eigenvalue weighted by molar-refractivity contribution is 8.00. The summed E-state index contributed by atoms with van der Waals surface area (Å²) < 4.78 is 6.94. The van der Waals surface area contributed by atoms with Crippen LogP contribution in [0.25, 0.3) is 16.6 Å². The van der Waals surface area contributed by atoms with Gasteiger partial charge in [0.2, 0.25) is 5.91 Å². The molecule has 1 aromatic carbocycles. The number of benzene rings is 1. The third kappa shape index (κ3) is 3.15. The molecule has 3 aromatic heterocycles. The quantitative estimate of drug-likeness (QED) is 0.431. The molecule has 0 aliphatic carbocycles. The van der Waals surface area contributed by atoms with E-state index in [0.29, 0.717) is 23.3 Å². The summed E-state index contributed by atoms with van der Waals surface area (Å²) in [6.45, 7) is 4.05. The van der Waals surface area contributed by atoms with E-state index in [0.717, 1.165) is 16.6 Å². The molecule has 1 atom stereocenters. The van der Waals surface area contributed by atoms with Gasteiger partial charge in [-0.25, -0.2) is 9.97 Å². The number of nitrogens with one attached hydrogen (secondary N) is 1. The van der Waals surface area contributed by atoms with Crippen LogP contribution in [0.2, 0.25) is 0 Å². The van der Waals surface area contributed by atoms with Gasteiger partial charge in [-0.2, -0.15) is 4.52 Å². The van der Waals surface area contributed by atoms with Gasteiger partial charge >= 0.3 is 0 Å². The van der Waals surface area contributed by atoms with Crippen LogP contribution in [0.4, 0.5) is 0 Å². The predicted octanol–water partition coefficient (Wildman–Crippen LogP) is 2.98. The van der Waals surface area contributed by atoms with Crippen molar-refractivity contribution in [3.8, 4) is 0 Å². The van der Waals surface area contributed by atoms with Crippen LogP contribution in [0, 0.1) is 6.92 Å². The number of nitrogens with zero attached hydrogens (tertiary/aromatic N) is 4. The van der Waals surface area contributed by atoms with Crippen LogP contribution in [0.5, 0.6) is 0 Å². The fourth-order valence-corrected chi connectivity index (χ4v) is 3.54. The summed E-state index contributed by atoms with van der Waals surface area (Å²) >= 11 is 1.35. The standard InChI is InChI=1S/C18H17N5O2S/c1-11(17(24)19-10-13-6-5-9-25-13)26-18-21-15-8-4-3-7-14(15)16-20-12(2)22-23(16)18/h3-9,11H,10H2,1-2H3,(H,19,24)/t11-/m0/s1. The monoisotopic (exact) mass is 367 g/mol. The van der Waals surface area contributed by atoms with E-state index in [4.69, 9.17) is 4.42 Å². The lowest BCUT2D eigenvalue weighted by Crippen LogP contribution is -2.30. The Hall–Kier alpha value is -2.87. The van der Waals surface area contributed by atoms with Gasteiger partial charge in [0.15, 0.2) is 10.8 Å². The van der Waals surface area contributed by atoms with Crippen molar-refractivity contribution >= 4 is 34.2 Å². The molecule has 0 saturated heterocycles. The fraction of sp³-hybridized carbons (Fsp3) is 0.222. The second-order valence-electron chi connectivity index (χ2n) is 5.86. The number of thioether (sulfide) groups is 1. The Labute approximate surface area is 153 Å². The fourth-order valence-electron chi connectivity index (χ4n) is 2.65. The first-order chi connectivity index (χ1) is 12.6. The minimum atomic E-state index is -0.341. The molecule has 0 saturated carbocycles. The van der Waals surface area contributed by atoms with Crippen molar-refractivity contribution in [1.82, 2.24) is 24.9 Å². The van der Waals surface area contributed by atoms with Gasteiger partial charge in [-0.05, 0) is 38.1 Å². The SMILES string of the molecule is Cc1nc2c3ccccc3nc(S[C@@H](C)C(=O)NCc3ccco3)n2n1. The molecular weight excluding hydrogens is 350 g/mol. The molecule has 1 N–H and O–H groups in total. The lowest BCUT2D eigenvalue weighted by molar-refractivity contribution is -0.120. The number of aryl methyl sites for hydroxylation is 1. The summed E-state index contributed by atoms with van der Waals surface area (Å²) in [7, 11) is 0. The summed E-state index contributed by atoms with van der Waals surface area (Å²) in [6.07, 6.45) is 1.59. The lowest BCUT2D eigenvalue weighted by atomic mass is 10.2. The van der Waals surface area contributed by atoms with Crippen LogP contribution in [0.3, 0.4) is 0 Å². The van der Waals surface area contributed by atoms with E-state index in [-0.39, 0.29) is 11.2 Å². The molecule has 7 nitrogen and oxygen atoms in total. The molecule has 0 unspecified atom stereocenters. The molecule has 0 fully saturated rings. The van der Waals surface area contributed by atoms with Gasteiger partial charge in [0.1, 0.15) is 11.6 Å². The zero-order valence-electron chi connectivity index (χ0n) is 14.3. The highest BCUT2D eigenvalue weighted by Crippen LogP contribution is 2.26. The summed E-state index contributed by atoms with van der Waals surface area (Å²) in [4.78, 5) is 21.6. The molecule has 3 heterocycles. The number of furan rings is 1. The van der Waals surface area contributed by atoms with Crippen LogP contribution < -0.4 is 5.32 Å². The van der Waals surface area contributed by atoms with E-state index in [1.54, 1.807) is 16.8 Å². The Bertz CT molecular complexity index is 1070. The molecule has 132 valence electrons. The number of carbonyl (C=O) groups is 1. The average molecular weight is 367 g/mol. The number of hydrogen-bond acceptors (Lipinski definition) is 6. The topological polar surface area (TPSA) is 85.3 Å². The van der Waals surface area contributed by atoms with Gasteiger partial charge in [0, 0.05) is 5.39 Å². The smallest absolute Gasteiger partial charge is 0.233 e. The molecule has 4 rings (SSSR count). The Balaban J connectivity index is 1.60. The summed E-state index contributed by atoms with van der Waals surface area (Å²) in [6, 6.07) is 11.4. The second-order valence-corrected chi connectivity index (χ2v) is 7.17. The van der Waals surface area contributed by atoms with Crippen molar-refractivity contribution in [3.05, 3.63) is 54.2 Å². The van der Waals surface area contributed by atoms with E-state index < -0.39 is 0 Å². The van der Waals surface area contributed by atoms with Gasteiger partial charge in [-0.1, -0.05) is 23.9 Å². The maximum absolute atomic E-state index is 12.4. The Morgan fingerprint density at radius 3 is 2.92 bits per heavy atom. The van der Waals surface area contributed by atoms with Crippen LogP contribution >= 0.6 is 11.8 Å². The Morgan fingerprint density at radius 1 is 1.27 bits per heavy atom. The summed E-state index contributed by atoms with van der Waals surface area (Å²) in [5, 5.41) is 8.54. The molecule has 0 spiro atoms. The van der Waals surface area contributed by atoms with Crippen LogP contribution in [0.1, 0.15) is 18.5 Å². The van der Waals surface area contributed by atoms with Gasteiger partial charge in [0.25, 0.3) is 0 Å². The van der Waals surface area contributed by atoms with Gasteiger partial charge in [-0.3, -0.25) is 4.79 Å². The van der Waals surface area contributed by atoms with E-state index in [1.165, 1.54) is 11.8 Å². The Kier molecular flexibility index (Phi) is 4.34. The minimum absolute atomic E-state index is 0.0913. The zero-order valence-corrected chi connectivity index (χ0v) is 15.2. The lowest BCUT2D eigenvalue weighted by Gasteiger charge is -2.12. The number of rotatable bonds is 5. The third-order valence-corrected chi connectivity index (χ3v) is 4.97.